The van der Waals surface area contributed by atoms with Gasteiger partial charge in [0.25, 0.3) is 0 Å². The lowest BCUT2D eigenvalue weighted by atomic mass is 10.1. The van der Waals surface area contributed by atoms with Gasteiger partial charge >= 0.3 is 6.18 Å². The van der Waals surface area contributed by atoms with Crippen molar-refractivity contribution < 1.29 is 13.2 Å². The van der Waals surface area contributed by atoms with Gasteiger partial charge in [0.05, 0.1) is 6.42 Å². The highest BCUT2D eigenvalue weighted by Crippen LogP contribution is 2.35. The number of fused-ring (bicyclic) bond motifs is 1. The molecule has 1 aromatic rings. The summed E-state index contributed by atoms with van der Waals surface area (Å²) >= 11 is 3.47. The molecule has 0 fully saturated rings. The van der Waals surface area contributed by atoms with E-state index in [0.717, 1.165) is 22.9 Å². The predicted octanol–water partition coefficient (Wildman–Crippen LogP) is 3.98. The van der Waals surface area contributed by atoms with Gasteiger partial charge in [-0.3, -0.25) is 0 Å². The second-order valence-electron chi connectivity index (χ2n) is 4.22. The molecule has 1 aliphatic carbocycles. The minimum absolute atomic E-state index is 0.0138. The number of hydrogen-bond donors (Lipinski definition) is 1. The molecule has 0 saturated heterocycles. The largest absolute Gasteiger partial charge is 0.390 e. The van der Waals surface area contributed by atoms with Crippen LogP contribution in [-0.4, -0.2) is 12.7 Å². The van der Waals surface area contributed by atoms with Gasteiger partial charge < -0.3 is 5.32 Å². The average molecular weight is 308 g/mol. The first-order valence-electron chi connectivity index (χ1n) is 5.55. The molecule has 0 aliphatic heterocycles. The van der Waals surface area contributed by atoms with E-state index in [9.17, 15) is 13.2 Å². The van der Waals surface area contributed by atoms with Crippen molar-refractivity contribution in [3.8, 4) is 0 Å². The van der Waals surface area contributed by atoms with Crippen LogP contribution in [0.4, 0.5) is 13.2 Å². The van der Waals surface area contributed by atoms with Crippen LogP contribution in [0.25, 0.3) is 0 Å². The predicted molar refractivity (Wildman–Crippen MR) is 63.9 cm³/mol. The molecule has 2 rings (SSSR count). The van der Waals surface area contributed by atoms with Crippen molar-refractivity contribution in [2.45, 2.75) is 31.5 Å². The zero-order valence-electron chi connectivity index (χ0n) is 9.15. The second-order valence-corrected chi connectivity index (χ2v) is 5.07. The minimum atomic E-state index is -4.08. The standard InChI is InChI=1S/C12H13BrF3N/c13-10-3-1-2-9-8(10)4-5-11(9)17-7-6-12(14,15)16/h1-3,11,17H,4-7H2. The molecule has 1 aromatic carbocycles. The van der Waals surface area contributed by atoms with Crippen molar-refractivity contribution in [2.24, 2.45) is 0 Å². The number of benzene rings is 1. The number of halogens is 4. The molecular weight excluding hydrogens is 295 g/mol. The van der Waals surface area contributed by atoms with Gasteiger partial charge in [0.15, 0.2) is 0 Å². The highest BCUT2D eigenvalue weighted by molar-refractivity contribution is 9.10. The zero-order valence-corrected chi connectivity index (χ0v) is 10.7. The van der Waals surface area contributed by atoms with E-state index in [1.807, 2.05) is 18.2 Å². The average Bonchev–Trinajstić information content (AvgIpc) is 2.61. The highest BCUT2D eigenvalue weighted by Gasteiger charge is 2.28. The molecule has 1 N–H and O–H groups in total. The van der Waals surface area contributed by atoms with Gasteiger partial charge in [0, 0.05) is 17.1 Å². The molecule has 17 heavy (non-hydrogen) atoms. The Balaban J connectivity index is 1.96. The molecule has 0 spiro atoms. The number of rotatable bonds is 3. The van der Waals surface area contributed by atoms with Crippen LogP contribution in [0.5, 0.6) is 0 Å². The van der Waals surface area contributed by atoms with Gasteiger partial charge in [-0.1, -0.05) is 28.1 Å². The van der Waals surface area contributed by atoms with Crippen LogP contribution in [0.2, 0.25) is 0 Å². The summed E-state index contributed by atoms with van der Waals surface area (Å²) < 4.78 is 37.2. The third kappa shape index (κ3) is 3.22. The summed E-state index contributed by atoms with van der Waals surface area (Å²) in [4.78, 5) is 0. The molecule has 5 heteroatoms. The Labute approximate surface area is 107 Å². The Bertz CT molecular complexity index is 403. The van der Waals surface area contributed by atoms with Crippen molar-refractivity contribution in [3.05, 3.63) is 33.8 Å². The fraction of sp³-hybridized carbons (Fsp3) is 0.500. The van der Waals surface area contributed by atoms with Gasteiger partial charge in [0.2, 0.25) is 0 Å². The van der Waals surface area contributed by atoms with E-state index in [1.54, 1.807) is 0 Å². The maximum absolute atomic E-state index is 12.0. The molecule has 0 aromatic heterocycles. The van der Waals surface area contributed by atoms with Crippen LogP contribution in [-0.2, 0) is 6.42 Å². The molecule has 94 valence electrons. The second kappa shape index (κ2) is 4.98. The van der Waals surface area contributed by atoms with Crippen LogP contribution in [0.1, 0.15) is 30.0 Å². The lowest BCUT2D eigenvalue weighted by molar-refractivity contribution is -0.133. The fourth-order valence-corrected chi connectivity index (χ4v) is 2.79. The van der Waals surface area contributed by atoms with Gasteiger partial charge in [-0.25, -0.2) is 0 Å². The van der Waals surface area contributed by atoms with E-state index < -0.39 is 12.6 Å². The summed E-state index contributed by atoms with van der Waals surface area (Å²) in [5.74, 6) is 0. The Kier molecular flexibility index (Phi) is 3.78. The highest BCUT2D eigenvalue weighted by atomic mass is 79.9. The molecule has 0 radical (unpaired) electrons. The Morgan fingerprint density at radius 3 is 2.82 bits per heavy atom. The molecule has 1 atom stereocenters. The molecule has 0 bridgehead atoms. The summed E-state index contributed by atoms with van der Waals surface area (Å²) in [7, 11) is 0. The van der Waals surface area contributed by atoms with Crippen LogP contribution >= 0.6 is 15.9 Å². The normalized spacial score (nSPS) is 19.4. The zero-order chi connectivity index (χ0) is 12.5. The first kappa shape index (κ1) is 12.9. The third-order valence-corrected chi connectivity index (χ3v) is 3.76. The molecule has 1 unspecified atom stereocenters. The van der Waals surface area contributed by atoms with E-state index in [2.05, 4.69) is 21.2 Å². The third-order valence-electron chi connectivity index (χ3n) is 3.01. The Hall–Kier alpha value is -0.550. The van der Waals surface area contributed by atoms with Crippen molar-refractivity contribution >= 4 is 15.9 Å². The molecule has 0 amide bonds. The van der Waals surface area contributed by atoms with Crippen LogP contribution in [0.3, 0.4) is 0 Å². The number of alkyl halides is 3. The first-order chi connectivity index (χ1) is 7.97. The smallest absolute Gasteiger partial charge is 0.310 e. The summed E-state index contributed by atoms with van der Waals surface area (Å²) in [6, 6.07) is 5.94. The molecule has 0 saturated carbocycles. The summed E-state index contributed by atoms with van der Waals surface area (Å²) in [5.41, 5.74) is 2.35. The van der Waals surface area contributed by atoms with E-state index in [1.165, 1.54) is 5.56 Å². The van der Waals surface area contributed by atoms with Crippen molar-refractivity contribution in [2.75, 3.05) is 6.54 Å². The number of nitrogens with one attached hydrogen (secondary N) is 1. The van der Waals surface area contributed by atoms with Crippen molar-refractivity contribution in [1.82, 2.24) is 5.32 Å². The maximum atomic E-state index is 12.0. The maximum Gasteiger partial charge on any atom is 0.390 e. The molecule has 1 aliphatic rings. The van der Waals surface area contributed by atoms with E-state index in [-0.39, 0.29) is 12.6 Å². The van der Waals surface area contributed by atoms with E-state index >= 15 is 0 Å². The van der Waals surface area contributed by atoms with Gasteiger partial charge in [-0.2, -0.15) is 13.2 Å². The van der Waals surface area contributed by atoms with Crippen molar-refractivity contribution in [3.63, 3.8) is 0 Å². The Morgan fingerprint density at radius 2 is 2.12 bits per heavy atom. The monoisotopic (exact) mass is 307 g/mol. The summed E-state index contributed by atoms with van der Waals surface area (Å²) in [6.45, 7) is -0.0138. The molecule has 1 nitrogen and oxygen atoms in total. The fourth-order valence-electron chi connectivity index (χ4n) is 2.21. The van der Waals surface area contributed by atoms with Crippen LogP contribution < -0.4 is 5.32 Å². The van der Waals surface area contributed by atoms with Gasteiger partial charge in [-0.05, 0) is 30.0 Å². The minimum Gasteiger partial charge on any atom is -0.310 e. The topological polar surface area (TPSA) is 12.0 Å². The van der Waals surface area contributed by atoms with Gasteiger partial charge in [-0.15, -0.1) is 0 Å². The van der Waals surface area contributed by atoms with E-state index in [0.29, 0.717) is 0 Å². The summed E-state index contributed by atoms with van der Waals surface area (Å²) in [5, 5.41) is 2.98. The van der Waals surface area contributed by atoms with Gasteiger partial charge in [0.1, 0.15) is 0 Å². The quantitative estimate of drug-likeness (QED) is 0.890. The van der Waals surface area contributed by atoms with Crippen LogP contribution in [0, 0.1) is 0 Å². The SMILES string of the molecule is FC(F)(F)CCNC1CCc2c(Br)cccc21. The van der Waals surface area contributed by atoms with E-state index in [4.69, 9.17) is 0 Å². The van der Waals surface area contributed by atoms with Crippen molar-refractivity contribution in [1.29, 1.82) is 0 Å². The lowest BCUT2D eigenvalue weighted by Gasteiger charge is -2.15. The molecular formula is C12H13BrF3N. The first-order valence-corrected chi connectivity index (χ1v) is 6.34. The lowest BCUT2D eigenvalue weighted by Crippen LogP contribution is -2.24. The summed E-state index contributed by atoms with van der Waals surface area (Å²) in [6.07, 6.45) is -3.06. The number of hydrogen-bond acceptors (Lipinski definition) is 1. The Morgan fingerprint density at radius 1 is 1.35 bits per heavy atom. The van der Waals surface area contributed by atoms with Crippen LogP contribution in [0.15, 0.2) is 22.7 Å². The molecule has 0 heterocycles.